The Hall–Kier alpha value is -0.480. The fourth-order valence-electron chi connectivity index (χ4n) is 1.33. The van der Waals surface area contributed by atoms with Gasteiger partial charge in [0.25, 0.3) is 0 Å². The van der Waals surface area contributed by atoms with Crippen LogP contribution in [0.15, 0.2) is 30.3 Å². The van der Waals surface area contributed by atoms with Gasteiger partial charge in [0, 0.05) is 13.0 Å². The summed E-state index contributed by atoms with van der Waals surface area (Å²) in [5.41, 5.74) is 1.04. The molecule has 0 aromatic heterocycles. The van der Waals surface area contributed by atoms with E-state index in [1.54, 1.807) is 6.92 Å². The molecule has 6 heteroatoms. The van der Waals surface area contributed by atoms with Gasteiger partial charge < -0.3 is 5.32 Å². The van der Waals surface area contributed by atoms with Crippen LogP contribution in [0.25, 0.3) is 0 Å². The highest BCUT2D eigenvalue weighted by Gasteiger charge is 2.33. The summed E-state index contributed by atoms with van der Waals surface area (Å²) in [6, 6.07) is 9.67. The Kier molecular flexibility index (Phi) is 6.22. The van der Waals surface area contributed by atoms with E-state index in [9.17, 15) is 4.79 Å². The lowest BCUT2D eigenvalue weighted by Gasteiger charge is -2.26. The van der Waals surface area contributed by atoms with Crippen molar-refractivity contribution in [2.45, 2.75) is 29.8 Å². The number of hydrogen-bond acceptors (Lipinski definition) is 2. The molecule has 100 valence electrons. The van der Waals surface area contributed by atoms with Crippen LogP contribution in [-0.4, -0.2) is 15.9 Å². The van der Waals surface area contributed by atoms with Crippen LogP contribution in [-0.2, 0) is 11.3 Å². The Labute approximate surface area is 122 Å². The minimum absolute atomic E-state index is 0.174. The molecule has 0 radical (unpaired) electrons. The third-order valence-electron chi connectivity index (χ3n) is 2.31. The molecule has 0 heterocycles. The molecule has 0 aliphatic carbocycles. The predicted molar refractivity (Wildman–Crippen MR) is 75.8 cm³/mol. The summed E-state index contributed by atoms with van der Waals surface area (Å²) in [5.74, 6) is -0.174. The van der Waals surface area contributed by atoms with Crippen molar-refractivity contribution >= 4 is 40.7 Å². The smallest absolute Gasteiger partial charge is 0.223 e. The molecule has 3 nitrogen and oxygen atoms in total. The molecular formula is C12H15Cl3N2O. The molecule has 0 aliphatic rings. The first-order valence-electron chi connectivity index (χ1n) is 5.57. The topological polar surface area (TPSA) is 41.1 Å². The zero-order valence-corrected chi connectivity index (χ0v) is 12.2. The summed E-state index contributed by atoms with van der Waals surface area (Å²) in [6.07, 6.45) is -0.389. The van der Waals surface area contributed by atoms with E-state index in [4.69, 9.17) is 34.8 Å². The van der Waals surface area contributed by atoms with Crippen LogP contribution in [0.5, 0.6) is 0 Å². The minimum atomic E-state index is -1.60. The highest BCUT2D eigenvalue weighted by Crippen LogP contribution is 2.29. The summed E-state index contributed by atoms with van der Waals surface area (Å²) in [6.45, 7) is 2.24. The molecule has 1 aromatic carbocycles. The Balaban J connectivity index is 2.59. The second-order valence-electron chi connectivity index (χ2n) is 3.76. The Morgan fingerprint density at radius 1 is 1.28 bits per heavy atom. The molecule has 0 aliphatic heterocycles. The van der Waals surface area contributed by atoms with E-state index < -0.39 is 9.96 Å². The maximum atomic E-state index is 11.4. The first-order valence-corrected chi connectivity index (χ1v) is 6.70. The molecule has 0 saturated carbocycles. The molecule has 1 unspecified atom stereocenters. The maximum absolute atomic E-state index is 11.4. The fourth-order valence-corrected chi connectivity index (χ4v) is 1.72. The van der Waals surface area contributed by atoms with Crippen molar-refractivity contribution in [3.05, 3.63) is 35.9 Å². The van der Waals surface area contributed by atoms with Gasteiger partial charge in [-0.15, -0.1) is 0 Å². The molecule has 0 spiro atoms. The zero-order chi connectivity index (χ0) is 13.6. The van der Waals surface area contributed by atoms with Gasteiger partial charge in [0.05, 0.1) is 0 Å². The lowest BCUT2D eigenvalue weighted by molar-refractivity contribution is -0.121. The van der Waals surface area contributed by atoms with Gasteiger partial charge in [0.2, 0.25) is 9.70 Å². The number of nitrogens with one attached hydrogen (secondary N) is 2. The lowest BCUT2D eigenvalue weighted by Crippen LogP contribution is -2.52. The van der Waals surface area contributed by atoms with E-state index in [1.165, 1.54) is 0 Å². The van der Waals surface area contributed by atoms with Crippen LogP contribution in [0, 0.1) is 0 Å². The molecule has 1 rings (SSSR count). The van der Waals surface area contributed by atoms with Gasteiger partial charge in [0.15, 0.2) is 0 Å². The summed E-state index contributed by atoms with van der Waals surface area (Å²) in [5, 5.41) is 5.64. The molecule has 1 atom stereocenters. The number of amides is 1. The summed E-state index contributed by atoms with van der Waals surface area (Å²) in [7, 11) is 0. The molecular weight excluding hydrogens is 295 g/mol. The van der Waals surface area contributed by atoms with Gasteiger partial charge in [-0.1, -0.05) is 72.1 Å². The average molecular weight is 310 g/mol. The SMILES string of the molecule is CCC(=O)NC(NCc1ccccc1)C(Cl)(Cl)Cl. The van der Waals surface area contributed by atoms with E-state index in [0.717, 1.165) is 5.56 Å². The normalized spacial score (nSPS) is 13.1. The molecule has 1 amide bonds. The Bertz CT molecular complexity index is 379. The number of alkyl halides is 3. The van der Waals surface area contributed by atoms with Crippen LogP contribution in [0.4, 0.5) is 0 Å². The molecule has 0 fully saturated rings. The first kappa shape index (κ1) is 15.6. The third kappa shape index (κ3) is 5.44. The van der Waals surface area contributed by atoms with Gasteiger partial charge in [-0.05, 0) is 5.56 Å². The Morgan fingerprint density at radius 2 is 1.89 bits per heavy atom. The second kappa shape index (κ2) is 7.19. The lowest BCUT2D eigenvalue weighted by atomic mass is 10.2. The predicted octanol–water partition coefficient (Wildman–Crippen LogP) is 3.00. The third-order valence-corrected chi connectivity index (χ3v) is 2.96. The van der Waals surface area contributed by atoms with Crippen molar-refractivity contribution in [1.29, 1.82) is 0 Å². The van der Waals surface area contributed by atoms with Crippen LogP contribution in [0.1, 0.15) is 18.9 Å². The van der Waals surface area contributed by atoms with Crippen molar-refractivity contribution in [3.8, 4) is 0 Å². The van der Waals surface area contributed by atoms with Crippen molar-refractivity contribution in [1.82, 2.24) is 10.6 Å². The van der Waals surface area contributed by atoms with Gasteiger partial charge >= 0.3 is 0 Å². The van der Waals surface area contributed by atoms with Crippen LogP contribution < -0.4 is 10.6 Å². The number of benzene rings is 1. The van der Waals surface area contributed by atoms with Crippen molar-refractivity contribution < 1.29 is 4.79 Å². The molecule has 18 heavy (non-hydrogen) atoms. The summed E-state index contributed by atoms with van der Waals surface area (Å²) < 4.78 is -1.60. The Morgan fingerprint density at radius 3 is 2.39 bits per heavy atom. The number of rotatable bonds is 5. The molecule has 2 N–H and O–H groups in total. The highest BCUT2D eigenvalue weighted by atomic mass is 35.6. The average Bonchev–Trinajstić information content (AvgIpc) is 2.34. The number of halogens is 3. The first-order chi connectivity index (χ1) is 8.43. The standard InChI is InChI=1S/C12H15Cl3N2O/c1-2-10(18)17-11(12(13,14)15)16-8-9-6-4-3-5-7-9/h3-7,11,16H,2,8H2,1H3,(H,17,18). The molecule has 0 bridgehead atoms. The van der Waals surface area contributed by atoms with Gasteiger partial charge in [-0.25, -0.2) is 0 Å². The summed E-state index contributed by atoms with van der Waals surface area (Å²) >= 11 is 17.5. The second-order valence-corrected chi connectivity index (χ2v) is 6.13. The van der Waals surface area contributed by atoms with E-state index >= 15 is 0 Å². The zero-order valence-electron chi connectivity index (χ0n) is 9.92. The van der Waals surface area contributed by atoms with Crippen LogP contribution in [0.2, 0.25) is 0 Å². The number of hydrogen-bond donors (Lipinski definition) is 2. The van der Waals surface area contributed by atoms with E-state index in [2.05, 4.69) is 10.6 Å². The van der Waals surface area contributed by atoms with Gasteiger partial charge in [-0.3, -0.25) is 10.1 Å². The molecule has 1 aromatic rings. The largest absolute Gasteiger partial charge is 0.337 e. The van der Waals surface area contributed by atoms with Crippen molar-refractivity contribution in [2.75, 3.05) is 0 Å². The van der Waals surface area contributed by atoms with E-state index in [0.29, 0.717) is 13.0 Å². The summed E-state index contributed by atoms with van der Waals surface area (Å²) in [4.78, 5) is 11.4. The van der Waals surface area contributed by atoms with E-state index in [-0.39, 0.29) is 5.91 Å². The minimum Gasteiger partial charge on any atom is -0.337 e. The van der Waals surface area contributed by atoms with E-state index in [1.807, 2.05) is 30.3 Å². The fraction of sp³-hybridized carbons (Fsp3) is 0.417. The van der Waals surface area contributed by atoms with Crippen molar-refractivity contribution in [2.24, 2.45) is 0 Å². The molecule has 0 saturated heterocycles. The highest BCUT2D eigenvalue weighted by molar-refractivity contribution is 6.68. The monoisotopic (exact) mass is 308 g/mol. The quantitative estimate of drug-likeness (QED) is 0.648. The number of carbonyl (C=O) groups excluding carboxylic acids is 1. The van der Waals surface area contributed by atoms with Crippen molar-refractivity contribution in [3.63, 3.8) is 0 Å². The van der Waals surface area contributed by atoms with Crippen LogP contribution in [0.3, 0.4) is 0 Å². The van der Waals surface area contributed by atoms with Gasteiger partial charge in [-0.2, -0.15) is 0 Å². The maximum Gasteiger partial charge on any atom is 0.223 e. The van der Waals surface area contributed by atoms with Gasteiger partial charge in [0.1, 0.15) is 6.17 Å². The van der Waals surface area contributed by atoms with Crippen LogP contribution >= 0.6 is 34.8 Å². The number of carbonyl (C=O) groups is 1.